The minimum Gasteiger partial charge on any atom is -0.361 e. The number of benzene rings is 1. The molecule has 23 heavy (non-hydrogen) atoms. The topological polar surface area (TPSA) is 75.9 Å². The van der Waals surface area contributed by atoms with Gasteiger partial charge in [-0.3, -0.25) is 9.36 Å². The van der Waals surface area contributed by atoms with Crippen molar-refractivity contribution in [3.63, 3.8) is 0 Å². The molecule has 4 rings (SSSR count). The lowest BCUT2D eigenvalue weighted by molar-refractivity contribution is 0.0758. The van der Waals surface area contributed by atoms with Gasteiger partial charge in [0.25, 0.3) is 5.91 Å². The lowest BCUT2D eigenvalue weighted by Gasteiger charge is -2.20. The lowest BCUT2D eigenvalue weighted by atomic mass is 10.1. The number of fused-ring (bicyclic) bond motifs is 2. The number of hydrogen-bond acceptors (Lipinski definition) is 3. The summed E-state index contributed by atoms with van der Waals surface area (Å²) in [4.78, 5) is 29.6. The number of aromatic amines is 1. The first-order chi connectivity index (χ1) is 11.1. The Labute approximate surface area is 132 Å². The number of rotatable bonds is 1. The molecule has 1 aromatic carbocycles. The highest BCUT2D eigenvalue weighted by molar-refractivity contribution is 5.98. The van der Waals surface area contributed by atoms with E-state index in [1.54, 1.807) is 16.5 Å². The first-order valence-electron chi connectivity index (χ1n) is 7.62. The van der Waals surface area contributed by atoms with Crippen molar-refractivity contribution in [1.82, 2.24) is 24.2 Å². The first-order valence-corrected chi connectivity index (χ1v) is 7.62. The van der Waals surface area contributed by atoms with Gasteiger partial charge in [0, 0.05) is 55.8 Å². The Morgan fingerprint density at radius 3 is 2.96 bits per heavy atom. The summed E-state index contributed by atoms with van der Waals surface area (Å²) in [6.45, 7) is 1.57. The summed E-state index contributed by atoms with van der Waals surface area (Å²) in [5, 5.41) is 5.26. The second-order valence-corrected chi connectivity index (χ2v) is 5.80. The number of aryl methyl sites for hydroxylation is 1. The van der Waals surface area contributed by atoms with E-state index in [1.165, 1.54) is 4.68 Å². The van der Waals surface area contributed by atoms with E-state index in [0.717, 1.165) is 16.7 Å². The zero-order valence-electron chi connectivity index (χ0n) is 12.8. The van der Waals surface area contributed by atoms with Crippen LogP contribution in [0.25, 0.3) is 10.9 Å². The second kappa shape index (κ2) is 5.12. The van der Waals surface area contributed by atoms with Crippen molar-refractivity contribution in [2.75, 3.05) is 13.1 Å². The zero-order chi connectivity index (χ0) is 16.0. The van der Waals surface area contributed by atoms with Gasteiger partial charge in [-0.2, -0.15) is 5.10 Å². The standard InChI is InChI=1S/C16H17N5O2/c1-19-16(23)21-9-8-20(7-5-14(21)18-19)15(22)12-2-3-13-11(10-12)4-6-17-13/h2-4,6,10,17H,5,7-9H2,1H3. The molecular formula is C16H17N5O2. The summed E-state index contributed by atoms with van der Waals surface area (Å²) in [7, 11) is 1.65. The van der Waals surface area contributed by atoms with Gasteiger partial charge in [0.2, 0.25) is 0 Å². The maximum absolute atomic E-state index is 12.7. The second-order valence-electron chi connectivity index (χ2n) is 5.80. The maximum Gasteiger partial charge on any atom is 0.345 e. The van der Waals surface area contributed by atoms with Crippen LogP contribution in [0.1, 0.15) is 16.2 Å². The summed E-state index contributed by atoms with van der Waals surface area (Å²) in [5.74, 6) is 0.740. The van der Waals surface area contributed by atoms with Gasteiger partial charge in [-0.1, -0.05) is 0 Å². The van der Waals surface area contributed by atoms with E-state index >= 15 is 0 Å². The third-order valence-corrected chi connectivity index (χ3v) is 4.37. The van der Waals surface area contributed by atoms with E-state index in [2.05, 4.69) is 10.1 Å². The van der Waals surface area contributed by atoms with Gasteiger partial charge >= 0.3 is 5.69 Å². The van der Waals surface area contributed by atoms with Crippen molar-refractivity contribution in [2.24, 2.45) is 7.05 Å². The molecular weight excluding hydrogens is 294 g/mol. The molecule has 1 aliphatic heterocycles. The van der Waals surface area contributed by atoms with Crippen molar-refractivity contribution in [1.29, 1.82) is 0 Å². The van der Waals surface area contributed by atoms with Crippen molar-refractivity contribution in [3.8, 4) is 0 Å². The zero-order valence-corrected chi connectivity index (χ0v) is 12.8. The minimum absolute atomic E-state index is 0.00400. The van der Waals surface area contributed by atoms with Crippen LogP contribution in [0.2, 0.25) is 0 Å². The molecule has 7 heteroatoms. The molecule has 3 heterocycles. The molecule has 0 saturated heterocycles. The smallest absolute Gasteiger partial charge is 0.345 e. The van der Waals surface area contributed by atoms with E-state index in [-0.39, 0.29) is 11.6 Å². The number of nitrogens with zero attached hydrogens (tertiary/aromatic N) is 4. The maximum atomic E-state index is 12.7. The highest BCUT2D eigenvalue weighted by Crippen LogP contribution is 2.16. The molecule has 0 bridgehead atoms. The normalized spacial score (nSPS) is 14.7. The Hall–Kier alpha value is -2.83. The van der Waals surface area contributed by atoms with Crippen molar-refractivity contribution in [3.05, 3.63) is 52.3 Å². The third-order valence-electron chi connectivity index (χ3n) is 4.37. The number of carbonyl (C=O) groups is 1. The van der Waals surface area contributed by atoms with E-state index in [4.69, 9.17) is 0 Å². The molecule has 0 spiro atoms. The number of amides is 1. The monoisotopic (exact) mass is 311 g/mol. The average molecular weight is 311 g/mol. The fraction of sp³-hybridized carbons (Fsp3) is 0.312. The number of H-pyrrole nitrogens is 1. The largest absolute Gasteiger partial charge is 0.361 e. The Morgan fingerprint density at radius 1 is 1.22 bits per heavy atom. The fourth-order valence-electron chi connectivity index (χ4n) is 3.10. The molecule has 1 N–H and O–H groups in total. The molecule has 0 aliphatic carbocycles. The third kappa shape index (κ3) is 2.25. The van der Waals surface area contributed by atoms with Crippen LogP contribution >= 0.6 is 0 Å². The molecule has 0 unspecified atom stereocenters. The Balaban J connectivity index is 1.59. The van der Waals surface area contributed by atoms with Gasteiger partial charge in [-0.05, 0) is 24.3 Å². The van der Waals surface area contributed by atoms with Crippen LogP contribution in [0, 0.1) is 0 Å². The van der Waals surface area contributed by atoms with Crippen LogP contribution in [-0.2, 0) is 20.0 Å². The minimum atomic E-state index is -0.122. The van der Waals surface area contributed by atoms with Crippen molar-refractivity contribution in [2.45, 2.75) is 13.0 Å². The van der Waals surface area contributed by atoms with Crippen LogP contribution in [0.3, 0.4) is 0 Å². The number of nitrogens with one attached hydrogen (secondary N) is 1. The van der Waals surface area contributed by atoms with Crippen molar-refractivity contribution >= 4 is 16.8 Å². The Bertz CT molecular complexity index is 949. The van der Waals surface area contributed by atoms with Gasteiger partial charge in [-0.15, -0.1) is 0 Å². The van der Waals surface area contributed by atoms with Gasteiger partial charge in [0.05, 0.1) is 0 Å². The van der Waals surface area contributed by atoms with Crippen LogP contribution in [0.5, 0.6) is 0 Å². The summed E-state index contributed by atoms with van der Waals surface area (Å²) >= 11 is 0. The lowest BCUT2D eigenvalue weighted by Crippen LogP contribution is -2.35. The van der Waals surface area contributed by atoms with Gasteiger partial charge in [0.15, 0.2) is 0 Å². The summed E-state index contributed by atoms with van der Waals surface area (Å²) in [6, 6.07) is 7.61. The molecule has 2 aromatic heterocycles. The molecule has 0 radical (unpaired) electrons. The van der Waals surface area contributed by atoms with E-state index in [0.29, 0.717) is 31.6 Å². The summed E-state index contributed by atoms with van der Waals surface area (Å²) in [5.41, 5.74) is 1.56. The molecule has 0 fully saturated rings. The number of carbonyl (C=O) groups excluding carboxylic acids is 1. The number of aromatic nitrogens is 4. The molecule has 1 aliphatic rings. The Morgan fingerprint density at radius 2 is 2.09 bits per heavy atom. The molecule has 1 amide bonds. The van der Waals surface area contributed by atoms with Gasteiger partial charge < -0.3 is 9.88 Å². The summed E-state index contributed by atoms with van der Waals surface area (Å²) in [6.07, 6.45) is 2.45. The van der Waals surface area contributed by atoms with E-state index in [9.17, 15) is 9.59 Å². The number of hydrogen-bond donors (Lipinski definition) is 1. The molecule has 7 nitrogen and oxygen atoms in total. The van der Waals surface area contributed by atoms with E-state index in [1.807, 2.05) is 30.5 Å². The SMILES string of the molecule is Cn1nc2n(c1=O)CCN(C(=O)c1ccc3[nH]ccc3c1)CC2. The van der Waals surface area contributed by atoms with Crippen LogP contribution in [0.4, 0.5) is 0 Å². The molecule has 0 saturated carbocycles. The molecule has 118 valence electrons. The van der Waals surface area contributed by atoms with Crippen LogP contribution in [0.15, 0.2) is 35.3 Å². The average Bonchev–Trinajstić information content (AvgIpc) is 3.05. The van der Waals surface area contributed by atoms with Crippen LogP contribution < -0.4 is 5.69 Å². The Kier molecular flexibility index (Phi) is 3.07. The highest BCUT2D eigenvalue weighted by Gasteiger charge is 2.22. The van der Waals surface area contributed by atoms with Gasteiger partial charge in [-0.25, -0.2) is 9.48 Å². The van der Waals surface area contributed by atoms with Crippen LogP contribution in [-0.4, -0.2) is 43.2 Å². The first kappa shape index (κ1) is 13.8. The fourth-order valence-corrected chi connectivity index (χ4v) is 3.10. The molecule has 3 aromatic rings. The van der Waals surface area contributed by atoms with E-state index < -0.39 is 0 Å². The molecule has 0 atom stereocenters. The van der Waals surface area contributed by atoms with Gasteiger partial charge in [0.1, 0.15) is 5.82 Å². The summed E-state index contributed by atoms with van der Waals surface area (Å²) < 4.78 is 3.01. The quantitative estimate of drug-likeness (QED) is 0.721. The predicted molar refractivity (Wildman–Crippen MR) is 85.4 cm³/mol. The van der Waals surface area contributed by atoms with Crippen molar-refractivity contribution < 1.29 is 4.79 Å². The predicted octanol–water partition coefficient (Wildman–Crippen LogP) is 0.762. The highest BCUT2D eigenvalue weighted by atomic mass is 16.2.